The largest absolute Gasteiger partial charge is 0.481 e. The van der Waals surface area contributed by atoms with Crippen molar-refractivity contribution in [3.63, 3.8) is 0 Å². The van der Waals surface area contributed by atoms with Gasteiger partial charge in [0.1, 0.15) is 0 Å². The maximum atomic E-state index is 12.4. The summed E-state index contributed by atoms with van der Waals surface area (Å²) >= 11 is 0. The van der Waals surface area contributed by atoms with E-state index >= 15 is 0 Å². The molecule has 1 aromatic carbocycles. The first kappa shape index (κ1) is 17.2. The van der Waals surface area contributed by atoms with Gasteiger partial charge < -0.3 is 10.0 Å². The Kier molecular flexibility index (Phi) is 4.37. The molecule has 1 heterocycles. The van der Waals surface area contributed by atoms with Crippen LogP contribution < -0.4 is 0 Å². The molecule has 0 saturated heterocycles. The molecular formula is C19H23N3O3. The number of nitrogens with zero attached hydrogens (tertiary/aromatic N) is 3. The lowest BCUT2D eigenvalue weighted by Crippen LogP contribution is -2.29. The Morgan fingerprint density at radius 3 is 2.52 bits per heavy atom. The summed E-state index contributed by atoms with van der Waals surface area (Å²) < 4.78 is 1.91. The summed E-state index contributed by atoms with van der Waals surface area (Å²) in [7, 11) is 1.73. The first-order valence-corrected chi connectivity index (χ1v) is 8.40. The quantitative estimate of drug-likeness (QED) is 0.906. The second-order valence-corrected chi connectivity index (χ2v) is 6.83. The molecule has 0 bridgehead atoms. The molecule has 2 unspecified atom stereocenters. The first-order chi connectivity index (χ1) is 11.8. The Morgan fingerprint density at radius 1 is 1.24 bits per heavy atom. The van der Waals surface area contributed by atoms with Crippen molar-refractivity contribution in [2.45, 2.75) is 33.7 Å². The molecule has 2 aromatic rings. The van der Waals surface area contributed by atoms with Gasteiger partial charge in [0.25, 0.3) is 0 Å². The third-order valence-corrected chi connectivity index (χ3v) is 4.98. The number of carbonyl (C=O) groups is 2. The van der Waals surface area contributed by atoms with E-state index in [-0.39, 0.29) is 11.8 Å². The second-order valence-electron chi connectivity index (χ2n) is 6.83. The molecule has 1 aliphatic rings. The fourth-order valence-corrected chi connectivity index (χ4v) is 3.28. The minimum Gasteiger partial charge on any atom is -0.481 e. The number of aromatic nitrogens is 2. The standard InChI is InChI=1S/C19H23N3O3/c1-11-7-5-6-8-17(11)22-13(3)16(12(2)20-22)10-21(4)18(23)14-9-15(14)19(24)25/h5-8,14-15H,9-10H2,1-4H3,(H,24,25). The Bertz CT molecular complexity index is 840. The summed E-state index contributed by atoms with van der Waals surface area (Å²) in [4.78, 5) is 25.0. The van der Waals surface area contributed by atoms with Gasteiger partial charge in [-0.2, -0.15) is 5.10 Å². The van der Waals surface area contributed by atoms with E-state index in [1.807, 2.05) is 49.7 Å². The average Bonchev–Trinajstić information content (AvgIpc) is 3.32. The number of rotatable bonds is 5. The van der Waals surface area contributed by atoms with Crippen LogP contribution in [0.15, 0.2) is 24.3 Å². The summed E-state index contributed by atoms with van der Waals surface area (Å²) in [5.41, 5.74) is 5.04. The highest BCUT2D eigenvalue weighted by Crippen LogP contribution is 2.40. The Labute approximate surface area is 147 Å². The van der Waals surface area contributed by atoms with E-state index < -0.39 is 11.9 Å². The van der Waals surface area contributed by atoms with Crippen LogP contribution in [0.4, 0.5) is 0 Å². The Morgan fingerprint density at radius 2 is 1.92 bits per heavy atom. The predicted octanol–water partition coefficient (Wildman–Crippen LogP) is 2.48. The van der Waals surface area contributed by atoms with Crippen molar-refractivity contribution in [2.75, 3.05) is 7.05 Å². The zero-order valence-corrected chi connectivity index (χ0v) is 15.0. The molecular weight excluding hydrogens is 318 g/mol. The van der Waals surface area contributed by atoms with Gasteiger partial charge in [0.2, 0.25) is 5.91 Å². The Balaban J connectivity index is 1.81. The molecule has 132 valence electrons. The van der Waals surface area contributed by atoms with Crippen LogP contribution in [0.2, 0.25) is 0 Å². The molecule has 1 saturated carbocycles. The molecule has 2 atom stereocenters. The molecule has 1 aliphatic carbocycles. The number of aliphatic carboxylic acids is 1. The van der Waals surface area contributed by atoms with Crippen LogP contribution in [-0.4, -0.2) is 38.7 Å². The number of carboxylic acids is 1. The van der Waals surface area contributed by atoms with Crippen molar-refractivity contribution in [3.8, 4) is 5.69 Å². The van der Waals surface area contributed by atoms with Crippen molar-refractivity contribution in [1.82, 2.24) is 14.7 Å². The van der Waals surface area contributed by atoms with Crippen molar-refractivity contribution in [1.29, 1.82) is 0 Å². The van der Waals surface area contributed by atoms with Crippen molar-refractivity contribution in [2.24, 2.45) is 11.8 Å². The molecule has 25 heavy (non-hydrogen) atoms. The van der Waals surface area contributed by atoms with Crippen molar-refractivity contribution in [3.05, 3.63) is 46.8 Å². The van der Waals surface area contributed by atoms with Crippen LogP contribution in [-0.2, 0) is 16.1 Å². The molecule has 1 aromatic heterocycles. The van der Waals surface area contributed by atoms with Crippen LogP contribution >= 0.6 is 0 Å². The second kappa shape index (κ2) is 6.35. The van der Waals surface area contributed by atoms with Crippen LogP contribution in [0, 0.1) is 32.6 Å². The topological polar surface area (TPSA) is 75.4 Å². The number of amides is 1. The lowest BCUT2D eigenvalue weighted by molar-refractivity contribution is -0.141. The van der Waals surface area contributed by atoms with E-state index in [1.54, 1.807) is 11.9 Å². The summed E-state index contributed by atoms with van der Waals surface area (Å²) in [5, 5.41) is 13.6. The van der Waals surface area contributed by atoms with Gasteiger partial charge in [0, 0.05) is 24.8 Å². The lowest BCUT2D eigenvalue weighted by atomic mass is 10.1. The number of carbonyl (C=O) groups excluding carboxylic acids is 1. The smallest absolute Gasteiger partial charge is 0.307 e. The highest BCUT2D eigenvalue weighted by Gasteiger charge is 2.49. The highest BCUT2D eigenvalue weighted by molar-refractivity contribution is 5.89. The number of carboxylic acid groups (broad SMARTS) is 1. The van der Waals surface area contributed by atoms with Gasteiger partial charge in [-0.3, -0.25) is 9.59 Å². The van der Waals surface area contributed by atoms with Crippen LogP contribution in [0.25, 0.3) is 5.69 Å². The zero-order chi connectivity index (χ0) is 18.3. The number of aryl methyl sites for hydroxylation is 2. The van der Waals surface area contributed by atoms with Gasteiger partial charge in [-0.1, -0.05) is 18.2 Å². The fraction of sp³-hybridized carbons (Fsp3) is 0.421. The normalized spacial score (nSPS) is 18.9. The van der Waals surface area contributed by atoms with E-state index in [9.17, 15) is 9.59 Å². The van der Waals surface area contributed by atoms with Crippen molar-refractivity contribution >= 4 is 11.9 Å². The molecule has 1 amide bonds. The summed E-state index contributed by atoms with van der Waals surface area (Å²) in [5.74, 6) is -1.89. The van der Waals surface area contributed by atoms with Crippen molar-refractivity contribution < 1.29 is 14.7 Å². The van der Waals surface area contributed by atoms with Gasteiger partial charge in [0.05, 0.1) is 23.2 Å². The van der Waals surface area contributed by atoms with Crippen LogP contribution in [0.5, 0.6) is 0 Å². The van der Waals surface area contributed by atoms with E-state index in [1.165, 1.54) is 0 Å². The van der Waals surface area contributed by atoms with E-state index in [0.717, 1.165) is 28.2 Å². The molecule has 3 rings (SSSR count). The van der Waals surface area contributed by atoms with E-state index in [2.05, 4.69) is 5.10 Å². The number of benzene rings is 1. The summed E-state index contributed by atoms with van der Waals surface area (Å²) in [6, 6.07) is 8.04. The van der Waals surface area contributed by atoms with Crippen LogP contribution in [0.1, 0.15) is 28.9 Å². The summed E-state index contributed by atoms with van der Waals surface area (Å²) in [6.45, 7) is 6.41. The molecule has 6 nitrogen and oxygen atoms in total. The highest BCUT2D eigenvalue weighted by atomic mass is 16.4. The molecule has 0 spiro atoms. The Hall–Kier alpha value is -2.63. The van der Waals surface area contributed by atoms with Gasteiger partial charge >= 0.3 is 5.97 Å². The lowest BCUT2D eigenvalue weighted by Gasteiger charge is -2.17. The van der Waals surface area contributed by atoms with Gasteiger partial charge in [-0.25, -0.2) is 4.68 Å². The molecule has 1 fully saturated rings. The van der Waals surface area contributed by atoms with Gasteiger partial charge in [-0.05, 0) is 38.8 Å². The first-order valence-electron chi connectivity index (χ1n) is 8.40. The predicted molar refractivity (Wildman–Crippen MR) is 93.5 cm³/mol. The van der Waals surface area contributed by atoms with E-state index in [4.69, 9.17) is 5.11 Å². The third kappa shape index (κ3) is 3.16. The number of hydrogen-bond acceptors (Lipinski definition) is 3. The summed E-state index contributed by atoms with van der Waals surface area (Å²) in [6.07, 6.45) is 0.443. The molecule has 0 radical (unpaired) electrons. The minimum absolute atomic E-state index is 0.102. The van der Waals surface area contributed by atoms with Gasteiger partial charge in [-0.15, -0.1) is 0 Å². The minimum atomic E-state index is -0.883. The monoisotopic (exact) mass is 341 g/mol. The van der Waals surface area contributed by atoms with Crippen LogP contribution in [0.3, 0.4) is 0 Å². The SMILES string of the molecule is Cc1ccccc1-n1nc(C)c(CN(C)C(=O)C2CC2C(=O)O)c1C. The maximum absolute atomic E-state index is 12.4. The maximum Gasteiger partial charge on any atom is 0.307 e. The molecule has 0 aliphatic heterocycles. The third-order valence-electron chi connectivity index (χ3n) is 4.98. The number of hydrogen-bond donors (Lipinski definition) is 1. The van der Waals surface area contributed by atoms with Gasteiger partial charge in [0.15, 0.2) is 0 Å². The molecule has 1 N–H and O–H groups in total. The average molecular weight is 341 g/mol. The zero-order valence-electron chi connectivity index (χ0n) is 15.0. The molecule has 6 heteroatoms. The van der Waals surface area contributed by atoms with E-state index in [0.29, 0.717) is 13.0 Å². The number of para-hydroxylation sites is 1. The fourth-order valence-electron chi connectivity index (χ4n) is 3.28.